The van der Waals surface area contributed by atoms with Gasteiger partial charge in [0.25, 0.3) is 5.91 Å². The van der Waals surface area contributed by atoms with E-state index in [2.05, 4.69) is 5.32 Å². The summed E-state index contributed by atoms with van der Waals surface area (Å²) in [5.41, 5.74) is 4.59. The van der Waals surface area contributed by atoms with Gasteiger partial charge in [0.15, 0.2) is 5.96 Å². The Bertz CT molecular complexity index is 353. The molecular formula is C10H18N4O3. The lowest BCUT2D eigenvalue weighted by Crippen LogP contribution is -2.40. The first kappa shape index (κ1) is 13.4. The van der Waals surface area contributed by atoms with Gasteiger partial charge in [-0.1, -0.05) is 0 Å². The zero-order valence-electron chi connectivity index (χ0n) is 9.99. The number of carboxylic acid groups (broad SMARTS) is 1. The predicted molar refractivity (Wildman–Crippen MR) is 61.5 cm³/mol. The van der Waals surface area contributed by atoms with Crippen LogP contribution in [-0.4, -0.2) is 46.0 Å². The molecule has 1 rings (SSSR count). The Balaban J connectivity index is 2.46. The van der Waals surface area contributed by atoms with Crippen LogP contribution in [-0.2, 0) is 9.59 Å². The summed E-state index contributed by atoms with van der Waals surface area (Å²) in [7, 11) is 0. The lowest BCUT2D eigenvalue weighted by atomic mass is 10.1. The standard InChI is InChI=1S/C10H18N4O3/c1-10(2)8(17)14(9(12)13-10)5-3-4-6(11)7(15)16/h6H,3-5,11H2,1-2H3,(H2,12,13)(H,15,16). The molecule has 0 aliphatic carbocycles. The van der Waals surface area contributed by atoms with Crippen LogP contribution < -0.4 is 11.1 Å². The van der Waals surface area contributed by atoms with Gasteiger partial charge in [-0.15, -0.1) is 0 Å². The fraction of sp³-hybridized carbons (Fsp3) is 0.700. The van der Waals surface area contributed by atoms with Gasteiger partial charge in [-0.05, 0) is 26.7 Å². The van der Waals surface area contributed by atoms with Gasteiger partial charge in [0.05, 0.1) is 0 Å². The molecule has 1 unspecified atom stereocenters. The first-order valence-electron chi connectivity index (χ1n) is 5.43. The van der Waals surface area contributed by atoms with E-state index >= 15 is 0 Å². The molecule has 17 heavy (non-hydrogen) atoms. The van der Waals surface area contributed by atoms with Crippen LogP contribution in [0.15, 0.2) is 0 Å². The second kappa shape index (κ2) is 4.70. The van der Waals surface area contributed by atoms with E-state index in [1.54, 1.807) is 13.8 Å². The number of carboxylic acids is 1. The van der Waals surface area contributed by atoms with Crippen molar-refractivity contribution >= 4 is 17.8 Å². The molecule has 0 bridgehead atoms. The zero-order chi connectivity index (χ0) is 13.2. The van der Waals surface area contributed by atoms with Crippen molar-refractivity contribution < 1.29 is 14.7 Å². The first-order valence-corrected chi connectivity index (χ1v) is 5.43. The fourth-order valence-electron chi connectivity index (χ4n) is 1.66. The van der Waals surface area contributed by atoms with Gasteiger partial charge in [-0.2, -0.15) is 0 Å². The molecule has 0 spiro atoms. The van der Waals surface area contributed by atoms with Crippen molar-refractivity contribution in [2.45, 2.75) is 38.3 Å². The first-order chi connectivity index (χ1) is 7.75. The van der Waals surface area contributed by atoms with E-state index in [9.17, 15) is 9.59 Å². The highest BCUT2D eigenvalue weighted by Gasteiger charge is 2.41. The Hall–Kier alpha value is -1.63. The molecule has 96 valence electrons. The van der Waals surface area contributed by atoms with Crippen LogP contribution in [0.1, 0.15) is 26.7 Å². The number of guanidine groups is 1. The zero-order valence-corrected chi connectivity index (χ0v) is 9.99. The Labute approximate surface area is 99.5 Å². The number of amides is 1. The number of nitrogens with zero attached hydrogens (tertiary/aromatic N) is 1. The molecule has 1 heterocycles. The number of aliphatic carboxylic acids is 1. The molecule has 1 aliphatic rings. The summed E-state index contributed by atoms with van der Waals surface area (Å²) < 4.78 is 0. The average Bonchev–Trinajstić information content (AvgIpc) is 2.39. The SMILES string of the molecule is CC1(C)NC(=N)N(CCCC(N)C(=O)O)C1=O. The van der Waals surface area contributed by atoms with Crippen molar-refractivity contribution in [3.8, 4) is 0 Å². The van der Waals surface area contributed by atoms with Crippen molar-refractivity contribution in [3.63, 3.8) is 0 Å². The van der Waals surface area contributed by atoms with Gasteiger partial charge in [0, 0.05) is 6.54 Å². The maximum Gasteiger partial charge on any atom is 0.320 e. The van der Waals surface area contributed by atoms with Crippen molar-refractivity contribution in [2.75, 3.05) is 6.54 Å². The Kier molecular flexibility index (Phi) is 3.72. The van der Waals surface area contributed by atoms with Gasteiger partial charge in [0.1, 0.15) is 11.6 Å². The normalized spacial score (nSPS) is 20.3. The fourth-order valence-corrected chi connectivity index (χ4v) is 1.66. The summed E-state index contributed by atoms with van der Waals surface area (Å²) in [6.07, 6.45) is 0.742. The topological polar surface area (TPSA) is 120 Å². The van der Waals surface area contributed by atoms with Crippen molar-refractivity contribution in [2.24, 2.45) is 5.73 Å². The van der Waals surface area contributed by atoms with E-state index in [1.807, 2.05) is 0 Å². The number of rotatable bonds is 5. The minimum atomic E-state index is -1.05. The lowest BCUT2D eigenvalue weighted by Gasteiger charge is -2.17. The van der Waals surface area contributed by atoms with Crippen LogP contribution in [0, 0.1) is 5.41 Å². The van der Waals surface area contributed by atoms with Gasteiger partial charge in [-0.25, -0.2) is 0 Å². The largest absolute Gasteiger partial charge is 0.480 e. The highest BCUT2D eigenvalue weighted by molar-refractivity contribution is 6.07. The molecule has 7 heteroatoms. The third-order valence-electron chi connectivity index (χ3n) is 2.69. The number of nitrogens with one attached hydrogen (secondary N) is 2. The number of carbonyl (C=O) groups is 2. The molecule has 0 radical (unpaired) electrons. The molecule has 0 aromatic rings. The molecule has 1 atom stereocenters. The van der Waals surface area contributed by atoms with E-state index < -0.39 is 17.6 Å². The second-order valence-electron chi connectivity index (χ2n) is 4.64. The van der Waals surface area contributed by atoms with Crippen LogP contribution in [0.2, 0.25) is 0 Å². The maximum atomic E-state index is 11.8. The van der Waals surface area contributed by atoms with E-state index in [0.717, 1.165) is 0 Å². The van der Waals surface area contributed by atoms with Gasteiger partial charge >= 0.3 is 5.97 Å². The highest BCUT2D eigenvalue weighted by atomic mass is 16.4. The van der Waals surface area contributed by atoms with E-state index in [1.165, 1.54) is 4.90 Å². The second-order valence-corrected chi connectivity index (χ2v) is 4.64. The molecule has 1 amide bonds. The third kappa shape index (κ3) is 2.94. The number of nitrogens with two attached hydrogens (primary N) is 1. The lowest BCUT2D eigenvalue weighted by molar-refractivity contribution is -0.138. The molecule has 0 saturated carbocycles. The molecule has 1 aliphatic heterocycles. The summed E-state index contributed by atoms with van der Waals surface area (Å²) in [5.74, 6) is -1.17. The molecule has 0 aromatic heterocycles. The molecule has 1 fully saturated rings. The molecule has 0 aromatic carbocycles. The van der Waals surface area contributed by atoms with E-state index in [4.69, 9.17) is 16.2 Å². The van der Waals surface area contributed by atoms with Gasteiger partial charge in [-0.3, -0.25) is 19.9 Å². The van der Waals surface area contributed by atoms with Crippen LogP contribution in [0.4, 0.5) is 0 Å². The molecule has 5 N–H and O–H groups in total. The van der Waals surface area contributed by atoms with Crippen molar-refractivity contribution in [1.82, 2.24) is 10.2 Å². The Morgan fingerprint density at radius 1 is 1.65 bits per heavy atom. The van der Waals surface area contributed by atoms with Gasteiger partial charge in [0.2, 0.25) is 0 Å². The van der Waals surface area contributed by atoms with E-state index in [0.29, 0.717) is 13.0 Å². The summed E-state index contributed by atoms with van der Waals surface area (Å²) in [5, 5.41) is 19.0. The minimum absolute atomic E-state index is 0.0592. The Morgan fingerprint density at radius 3 is 2.65 bits per heavy atom. The quantitative estimate of drug-likeness (QED) is 0.509. The van der Waals surface area contributed by atoms with Crippen LogP contribution in [0.25, 0.3) is 0 Å². The number of hydrogen-bond donors (Lipinski definition) is 4. The van der Waals surface area contributed by atoms with Crippen molar-refractivity contribution in [3.05, 3.63) is 0 Å². The highest BCUT2D eigenvalue weighted by Crippen LogP contribution is 2.16. The average molecular weight is 242 g/mol. The van der Waals surface area contributed by atoms with Crippen LogP contribution >= 0.6 is 0 Å². The van der Waals surface area contributed by atoms with E-state index in [-0.39, 0.29) is 18.3 Å². The van der Waals surface area contributed by atoms with Gasteiger partial charge < -0.3 is 16.2 Å². The summed E-state index contributed by atoms with van der Waals surface area (Å²) in [4.78, 5) is 23.6. The summed E-state index contributed by atoms with van der Waals surface area (Å²) in [6.45, 7) is 3.72. The van der Waals surface area contributed by atoms with Crippen LogP contribution in [0.5, 0.6) is 0 Å². The molecule has 1 saturated heterocycles. The number of carbonyl (C=O) groups excluding carboxylic acids is 1. The number of hydrogen-bond acceptors (Lipinski definition) is 4. The smallest absolute Gasteiger partial charge is 0.320 e. The summed E-state index contributed by atoms with van der Waals surface area (Å²) >= 11 is 0. The molecule has 7 nitrogen and oxygen atoms in total. The summed E-state index contributed by atoms with van der Waals surface area (Å²) in [6, 6.07) is -0.914. The predicted octanol–water partition coefficient (Wildman–Crippen LogP) is -0.676. The van der Waals surface area contributed by atoms with Crippen molar-refractivity contribution in [1.29, 1.82) is 5.41 Å². The minimum Gasteiger partial charge on any atom is -0.480 e. The van der Waals surface area contributed by atoms with Crippen LogP contribution in [0.3, 0.4) is 0 Å². The monoisotopic (exact) mass is 242 g/mol. The molecular weight excluding hydrogens is 224 g/mol. The Morgan fingerprint density at radius 2 is 2.24 bits per heavy atom. The maximum absolute atomic E-state index is 11.8. The third-order valence-corrected chi connectivity index (χ3v) is 2.69.